The zero-order chi connectivity index (χ0) is 16.2. The number of rotatable bonds is 6. The first-order valence-electron chi connectivity index (χ1n) is 7.57. The minimum Gasteiger partial charge on any atom is -0.296 e. The second-order valence-corrected chi connectivity index (χ2v) is 6.46. The van der Waals surface area contributed by atoms with Gasteiger partial charge in [0, 0.05) is 5.02 Å². The van der Waals surface area contributed by atoms with Crippen LogP contribution in [0.5, 0.6) is 0 Å². The van der Waals surface area contributed by atoms with Crippen molar-refractivity contribution in [3.05, 3.63) is 45.7 Å². The molecule has 0 bridgehead atoms. The van der Waals surface area contributed by atoms with Crippen LogP contribution in [0, 0.1) is 0 Å². The number of benzene rings is 1. The summed E-state index contributed by atoms with van der Waals surface area (Å²) in [5, 5.41) is 14.7. The van der Waals surface area contributed by atoms with Gasteiger partial charge in [-0.15, -0.1) is 10.2 Å². The molecule has 0 atom stereocenters. The quantitative estimate of drug-likeness (QED) is 0.679. The largest absolute Gasteiger partial charge is 0.296 e. The first-order valence-corrected chi connectivity index (χ1v) is 8.76. The van der Waals surface area contributed by atoms with Gasteiger partial charge in [0.25, 0.3) is 0 Å². The van der Waals surface area contributed by atoms with Gasteiger partial charge in [-0.25, -0.2) is 0 Å². The minimum absolute atomic E-state index is 0.731. The van der Waals surface area contributed by atoms with Gasteiger partial charge in [-0.2, -0.15) is 9.61 Å². The summed E-state index contributed by atoms with van der Waals surface area (Å²) in [5.41, 5.74) is 0.975. The summed E-state index contributed by atoms with van der Waals surface area (Å²) >= 11 is 7.68. The lowest BCUT2D eigenvalue weighted by Gasteiger charge is -2.15. The highest BCUT2D eigenvalue weighted by Gasteiger charge is 2.12. The number of fused-ring (bicyclic) bond motifs is 1. The van der Waals surface area contributed by atoms with Crippen LogP contribution in [0.15, 0.2) is 24.3 Å². The van der Waals surface area contributed by atoms with Crippen molar-refractivity contribution in [3.8, 4) is 0 Å². The van der Waals surface area contributed by atoms with E-state index >= 15 is 0 Å². The Kier molecular flexibility index (Phi) is 5.05. The molecule has 0 aliphatic heterocycles. The van der Waals surface area contributed by atoms with Gasteiger partial charge >= 0.3 is 0 Å². The Balaban J connectivity index is 1.83. The van der Waals surface area contributed by atoms with Gasteiger partial charge in [0.1, 0.15) is 5.01 Å². The van der Waals surface area contributed by atoms with E-state index < -0.39 is 0 Å². The summed E-state index contributed by atoms with van der Waals surface area (Å²) in [6.07, 6.45) is 3.93. The summed E-state index contributed by atoms with van der Waals surface area (Å²) in [6.45, 7) is 7.00. The Morgan fingerprint density at radius 2 is 1.96 bits per heavy atom. The molecule has 0 aliphatic carbocycles. The van der Waals surface area contributed by atoms with Gasteiger partial charge in [-0.1, -0.05) is 61.1 Å². The number of hydrogen-bond acceptors (Lipinski definition) is 5. The maximum atomic E-state index is 6.16. The third-order valence-electron chi connectivity index (χ3n) is 3.64. The average Bonchev–Trinajstić information content (AvgIpc) is 3.13. The van der Waals surface area contributed by atoms with E-state index in [-0.39, 0.29) is 0 Å². The summed E-state index contributed by atoms with van der Waals surface area (Å²) in [7, 11) is 0. The molecule has 0 unspecified atom stereocenters. The van der Waals surface area contributed by atoms with Crippen molar-refractivity contribution in [1.82, 2.24) is 24.7 Å². The van der Waals surface area contributed by atoms with Gasteiger partial charge in [-0.3, -0.25) is 4.90 Å². The SMILES string of the molecule is CCN(CC)Cc1nnc2sc(/C=C\c3ccccc3Cl)nn12. The monoisotopic (exact) mass is 347 g/mol. The average molecular weight is 348 g/mol. The zero-order valence-corrected chi connectivity index (χ0v) is 14.7. The lowest BCUT2D eigenvalue weighted by atomic mass is 10.2. The first kappa shape index (κ1) is 16.1. The van der Waals surface area contributed by atoms with Crippen LogP contribution in [0.4, 0.5) is 0 Å². The molecular weight excluding hydrogens is 330 g/mol. The molecule has 2 heterocycles. The molecule has 2 aromatic heterocycles. The first-order chi connectivity index (χ1) is 11.2. The van der Waals surface area contributed by atoms with Gasteiger partial charge in [0.2, 0.25) is 4.96 Å². The molecule has 3 rings (SSSR count). The highest BCUT2D eigenvalue weighted by Crippen LogP contribution is 2.20. The molecule has 0 radical (unpaired) electrons. The third kappa shape index (κ3) is 3.60. The van der Waals surface area contributed by atoms with Crippen LogP contribution in [-0.4, -0.2) is 37.8 Å². The molecule has 5 nitrogen and oxygen atoms in total. The smallest absolute Gasteiger partial charge is 0.235 e. The molecule has 7 heteroatoms. The molecular formula is C16H18ClN5S. The van der Waals surface area contributed by atoms with Crippen molar-refractivity contribution in [2.24, 2.45) is 0 Å². The van der Waals surface area contributed by atoms with Crippen molar-refractivity contribution in [3.63, 3.8) is 0 Å². The minimum atomic E-state index is 0.731. The fourth-order valence-corrected chi connectivity index (χ4v) is 3.22. The van der Waals surface area contributed by atoms with Gasteiger partial charge in [-0.05, 0) is 30.8 Å². The van der Waals surface area contributed by atoms with Crippen molar-refractivity contribution in [1.29, 1.82) is 0 Å². The maximum absolute atomic E-state index is 6.16. The van der Waals surface area contributed by atoms with E-state index in [4.69, 9.17) is 11.6 Å². The van der Waals surface area contributed by atoms with E-state index in [1.165, 1.54) is 11.3 Å². The Hall–Kier alpha value is -1.76. The highest BCUT2D eigenvalue weighted by molar-refractivity contribution is 7.17. The molecule has 3 aromatic rings. The van der Waals surface area contributed by atoms with Crippen LogP contribution in [0.25, 0.3) is 17.1 Å². The topological polar surface area (TPSA) is 46.3 Å². The van der Waals surface area contributed by atoms with Gasteiger partial charge < -0.3 is 0 Å². The van der Waals surface area contributed by atoms with Crippen molar-refractivity contribution < 1.29 is 0 Å². The van der Waals surface area contributed by atoms with Gasteiger partial charge in [0.15, 0.2) is 5.82 Å². The Morgan fingerprint density at radius 3 is 2.70 bits per heavy atom. The third-order valence-corrected chi connectivity index (χ3v) is 4.85. The van der Waals surface area contributed by atoms with Crippen molar-refractivity contribution >= 4 is 40.1 Å². The molecule has 0 N–H and O–H groups in total. The molecule has 23 heavy (non-hydrogen) atoms. The van der Waals surface area contributed by atoms with Crippen LogP contribution in [0.1, 0.15) is 30.2 Å². The second kappa shape index (κ2) is 7.21. The standard InChI is InChI=1S/C16H18ClN5S/c1-3-21(4-2)11-14-18-19-16-22(14)20-15(23-16)10-9-12-7-5-6-8-13(12)17/h5-10H,3-4,11H2,1-2H3/b10-9-. The van der Waals surface area contributed by atoms with Crippen LogP contribution in [-0.2, 0) is 6.54 Å². The second-order valence-electron chi connectivity index (χ2n) is 5.07. The predicted octanol–water partition coefficient (Wildman–Crippen LogP) is 3.85. The van der Waals surface area contributed by atoms with E-state index in [0.29, 0.717) is 0 Å². The summed E-state index contributed by atoms with van der Waals surface area (Å²) in [5.74, 6) is 0.873. The van der Waals surface area contributed by atoms with Gasteiger partial charge in [0.05, 0.1) is 6.54 Å². The van der Waals surface area contributed by atoms with E-state index in [1.54, 1.807) is 0 Å². The Labute approximate surface area is 144 Å². The lowest BCUT2D eigenvalue weighted by Crippen LogP contribution is -2.23. The van der Waals surface area contributed by atoms with Crippen molar-refractivity contribution in [2.45, 2.75) is 20.4 Å². The molecule has 0 saturated carbocycles. The van der Waals surface area contributed by atoms with Crippen LogP contribution in [0.2, 0.25) is 5.02 Å². The number of nitrogens with zero attached hydrogens (tertiary/aromatic N) is 5. The molecule has 0 aliphatic rings. The Bertz CT molecular complexity index is 819. The van der Waals surface area contributed by atoms with E-state index in [0.717, 1.165) is 46.0 Å². The van der Waals surface area contributed by atoms with Crippen LogP contribution in [0.3, 0.4) is 0 Å². The van der Waals surface area contributed by atoms with E-state index in [9.17, 15) is 0 Å². The van der Waals surface area contributed by atoms with E-state index in [1.807, 2.05) is 40.9 Å². The molecule has 120 valence electrons. The molecule has 0 saturated heterocycles. The highest BCUT2D eigenvalue weighted by atomic mass is 35.5. The fraction of sp³-hybridized carbons (Fsp3) is 0.312. The fourth-order valence-electron chi connectivity index (χ4n) is 2.26. The van der Waals surface area contributed by atoms with Crippen molar-refractivity contribution in [2.75, 3.05) is 13.1 Å². The number of halogens is 1. The van der Waals surface area contributed by atoms with Crippen LogP contribution >= 0.6 is 22.9 Å². The number of aromatic nitrogens is 4. The molecule has 0 spiro atoms. The molecule has 1 aromatic carbocycles. The lowest BCUT2D eigenvalue weighted by molar-refractivity contribution is 0.286. The van der Waals surface area contributed by atoms with Crippen LogP contribution < -0.4 is 0 Å². The zero-order valence-electron chi connectivity index (χ0n) is 13.1. The summed E-state index contributed by atoms with van der Waals surface area (Å²) < 4.78 is 1.83. The normalized spacial score (nSPS) is 12.0. The molecule has 0 amide bonds. The summed E-state index contributed by atoms with van der Waals surface area (Å²) in [4.78, 5) is 3.10. The number of hydrogen-bond donors (Lipinski definition) is 0. The maximum Gasteiger partial charge on any atom is 0.235 e. The summed E-state index contributed by atoms with van der Waals surface area (Å²) in [6, 6.07) is 7.74. The molecule has 0 fully saturated rings. The van der Waals surface area contributed by atoms with E-state index in [2.05, 4.69) is 34.0 Å². The Morgan fingerprint density at radius 1 is 1.17 bits per heavy atom. The predicted molar refractivity (Wildman–Crippen MR) is 95.7 cm³/mol.